The molecule has 1 rings (SSSR count). The van der Waals surface area contributed by atoms with E-state index in [0.29, 0.717) is 18.8 Å². The number of rotatable bonds is 8. The van der Waals surface area contributed by atoms with Crippen LogP contribution in [-0.2, 0) is 9.84 Å². The van der Waals surface area contributed by atoms with E-state index in [0.717, 1.165) is 6.54 Å². The second-order valence-corrected chi connectivity index (χ2v) is 6.34. The van der Waals surface area contributed by atoms with E-state index in [9.17, 15) is 8.42 Å². The molecule has 0 amide bonds. The Kier molecular flexibility index (Phi) is 6.27. The molecule has 1 aromatic carbocycles. The molecule has 0 spiro atoms. The fourth-order valence-electron chi connectivity index (χ4n) is 1.66. The molecule has 6 heteroatoms. The number of ether oxygens (including phenoxy) is 1. The first kappa shape index (κ1) is 15.9. The van der Waals surface area contributed by atoms with Gasteiger partial charge in [0.1, 0.15) is 5.75 Å². The van der Waals surface area contributed by atoms with Gasteiger partial charge in [0.05, 0.1) is 18.1 Å². The fourth-order valence-corrected chi connectivity index (χ4v) is 2.32. The summed E-state index contributed by atoms with van der Waals surface area (Å²) in [6.45, 7) is 3.24. The predicted molar refractivity (Wildman–Crippen MR) is 74.2 cm³/mol. The van der Waals surface area contributed by atoms with Crippen molar-refractivity contribution in [1.82, 2.24) is 5.32 Å². The summed E-state index contributed by atoms with van der Waals surface area (Å²) in [6.07, 6.45) is 1.83. The van der Waals surface area contributed by atoms with Gasteiger partial charge in [-0.1, -0.05) is 13.0 Å². The number of aliphatic hydroxyl groups is 1. The molecule has 1 unspecified atom stereocenters. The van der Waals surface area contributed by atoms with E-state index < -0.39 is 9.84 Å². The van der Waals surface area contributed by atoms with Crippen LogP contribution in [0, 0.1) is 0 Å². The highest BCUT2D eigenvalue weighted by molar-refractivity contribution is 7.90. The van der Waals surface area contributed by atoms with Gasteiger partial charge in [0.25, 0.3) is 0 Å². The van der Waals surface area contributed by atoms with Crippen LogP contribution in [0.25, 0.3) is 0 Å². The summed E-state index contributed by atoms with van der Waals surface area (Å²) in [6, 6.07) is 6.42. The summed E-state index contributed by atoms with van der Waals surface area (Å²) < 4.78 is 28.3. The van der Waals surface area contributed by atoms with E-state index >= 15 is 0 Å². The first-order valence-electron chi connectivity index (χ1n) is 6.24. The standard InChI is InChI=1S/C13H21NO4S/c1-3-14-11(10-15)7-8-18-12-5-4-6-13(9-12)19(2,16)17/h4-6,9,11,14-15H,3,7-8,10H2,1-2H3. The monoisotopic (exact) mass is 287 g/mol. The van der Waals surface area contributed by atoms with Crippen molar-refractivity contribution in [1.29, 1.82) is 0 Å². The lowest BCUT2D eigenvalue weighted by atomic mass is 10.2. The fraction of sp³-hybridized carbons (Fsp3) is 0.538. The number of hydrogen-bond acceptors (Lipinski definition) is 5. The van der Waals surface area contributed by atoms with Crippen LogP contribution >= 0.6 is 0 Å². The molecule has 0 aromatic heterocycles. The lowest BCUT2D eigenvalue weighted by Gasteiger charge is -2.15. The summed E-state index contributed by atoms with van der Waals surface area (Å²) in [7, 11) is -3.21. The van der Waals surface area contributed by atoms with Gasteiger partial charge in [-0.25, -0.2) is 8.42 Å². The number of hydrogen-bond donors (Lipinski definition) is 2. The molecule has 2 N–H and O–H groups in total. The Hall–Kier alpha value is -1.11. The molecule has 0 aliphatic heterocycles. The topological polar surface area (TPSA) is 75.6 Å². The quantitative estimate of drug-likeness (QED) is 0.740. The molecule has 19 heavy (non-hydrogen) atoms. The first-order chi connectivity index (χ1) is 8.97. The van der Waals surface area contributed by atoms with Crippen molar-refractivity contribution in [2.24, 2.45) is 0 Å². The number of benzene rings is 1. The minimum absolute atomic E-state index is 0.00286. The smallest absolute Gasteiger partial charge is 0.175 e. The maximum absolute atomic E-state index is 11.4. The number of sulfone groups is 1. The van der Waals surface area contributed by atoms with Crippen molar-refractivity contribution in [2.75, 3.05) is 26.0 Å². The van der Waals surface area contributed by atoms with Crippen LogP contribution in [0.1, 0.15) is 13.3 Å². The lowest BCUT2D eigenvalue weighted by molar-refractivity contribution is 0.210. The zero-order chi connectivity index (χ0) is 14.3. The van der Waals surface area contributed by atoms with Gasteiger partial charge in [-0.2, -0.15) is 0 Å². The van der Waals surface area contributed by atoms with Crippen molar-refractivity contribution in [3.8, 4) is 5.75 Å². The van der Waals surface area contributed by atoms with Crippen molar-refractivity contribution in [3.63, 3.8) is 0 Å². The molecule has 0 bridgehead atoms. The second kappa shape index (κ2) is 7.47. The van der Waals surface area contributed by atoms with Gasteiger partial charge in [0.2, 0.25) is 0 Å². The van der Waals surface area contributed by atoms with E-state index in [1.807, 2.05) is 6.92 Å². The molecule has 0 aliphatic carbocycles. The van der Waals surface area contributed by atoms with Crippen LogP contribution in [0.2, 0.25) is 0 Å². The Morgan fingerprint density at radius 3 is 2.74 bits per heavy atom. The molecule has 0 heterocycles. The van der Waals surface area contributed by atoms with Gasteiger partial charge in [0, 0.05) is 12.3 Å². The zero-order valence-electron chi connectivity index (χ0n) is 11.3. The van der Waals surface area contributed by atoms with Crippen LogP contribution in [0.4, 0.5) is 0 Å². The molecule has 0 saturated carbocycles. The largest absolute Gasteiger partial charge is 0.493 e. The highest BCUT2D eigenvalue weighted by atomic mass is 32.2. The van der Waals surface area contributed by atoms with Crippen molar-refractivity contribution in [2.45, 2.75) is 24.3 Å². The van der Waals surface area contributed by atoms with Gasteiger partial charge in [-0.3, -0.25) is 0 Å². The average molecular weight is 287 g/mol. The Morgan fingerprint density at radius 2 is 2.16 bits per heavy atom. The van der Waals surface area contributed by atoms with Crippen molar-refractivity contribution >= 4 is 9.84 Å². The highest BCUT2D eigenvalue weighted by Gasteiger charge is 2.09. The van der Waals surface area contributed by atoms with Crippen molar-refractivity contribution < 1.29 is 18.3 Å². The molecule has 0 radical (unpaired) electrons. The molecule has 0 aliphatic rings. The Morgan fingerprint density at radius 1 is 1.42 bits per heavy atom. The van der Waals surface area contributed by atoms with E-state index in [1.165, 1.54) is 18.4 Å². The average Bonchev–Trinajstić information content (AvgIpc) is 2.37. The molecule has 0 saturated heterocycles. The summed E-state index contributed by atoms with van der Waals surface area (Å²) in [5, 5.41) is 12.2. The third-order valence-corrected chi connectivity index (χ3v) is 3.79. The molecule has 0 fully saturated rings. The molecule has 1 aromatic rings. The number of likely N-dealkylation sites (N-methyl/N-ethyl adjacent to an activating group) is 1. The van der Waals surface area contributed by atoms with Crippen LogP contribution in [0.3, 0.4) is 0 Å². The number of nitrogens with one attached hydrogen (secondary N) is 1. The summed E-state index contributed by atoms with van der Waals surface area (Å²) in [5.74, 6) is 0.524. The minimum atomic E-state index is -3.21. The van der Waals surface area contributed by atoms with Gasteiger partial charge < -0.3 is 15.2 Å². The third-order valence-electron chi connectivity index (χ3n) is 2.68. The van der Waals surface area contributed by atoms with E-state index in [-0.39, 0.29) is 17.5 Å². The summed E-state index contributed by atoms with van der Waals surface area (Å²) >= 11 is 0. The normalized spacial score (nSPS) is 13.2. The van der Waals surface area contributed by atoms with Crippen LogP contribution in [-0.4, -0.2) is 45.6 Å². The minimum Gasteiger partial charge on any atom is -0.493 e. The highest BCUT2D eigenvalue weighted by Crippen LogP contribution is 2.17. The summed E-state index contributed by atoms with van der Waals surface area (Å²) in [5.41, 5.74) is 0. The number of aliphatic hydroxyl groups excluding tert-OH is 1. The Bertz CT molecular complexity index is 487. The molecular weight excluding hydrogens is 266 g/mol. The third kappa shape index (κ3) is 5.59. The Labute approximate surface area is 114 Å². The first-order valence-corrected chi connectivity index (χ1v) is 8.13. The maximum atomic E-state index is 11.4. The van der Waals surface area contributed by atoms with Crippen LogP contribution in [0.15, 0.2) is 29.2 Å². The summed E-state index contributed by atoms with van der Waals surface area (Å²) in [4.78, 5) is 0.246. The Balaban J connectivity index is 2.54. The van der Waals surface area contributed by atoms with E-state index in [4.69, 9.17) is 9.84 Å². The second-order valence-electron chi connectivity index (χ2n) is 4.32. The van der Waals surface area contributed by atoms with E-state index in [2.05, 4.69) is 5.32 Å². The predicted octanol–water partition coefficient (Wildman–Crippen LogP) is 0.829. The molecule has 108 valence electrons. The molecular formula is C13H21NO4S. The van der Waals surface area contributed by atoms with Crippen LogP contribution < -0.4 is 10.1 Å². The van der Waals surface area contributed by atoms with Crippen LogP contribution in [0.5, 0.6) is 5.75 Å². The maximum Gasteiger partial charge on any atom is 0.175 e. The molecule has 5 nitrogen and oxygen atoms in total. The van der Waals surface area contributed by atoms with E-state index in [1.54, 1.807) is 12.1 Å². The van der Waals surface area contributed by atoms with Crippen molar-refractivity contribution in [3.05, 3.63) is 24.3 Å². The van der Waals surface area contributed by atoms with Gasteiger partial charge >= 0.3 is 0 Å². The lowest BCUT2D eigenvalue weighted by Crippen LogP contribution is -2.33. The zero-order valence-corrected chi connectivity index (χ0v) is 12.1. The van der Waals surface area contributed by atoms with Gasteiger partial charge in [0.15, 0.2) is 9.84 Å². The van der Waals surface area contributed by atoms with Gasteiger partial charge in [-0.15, -0.1) is 0 Å². The molecule has 1 atom stereocenters. The SMILES string of the molecule is CCNC(CO)CCOc1cccc(S(C)(=O)=O)c1. The van der Waals surface area contributed by atoms with Gasteiger partial charge in [-0.05, 0) is 31.2 Å².